The fourth-order valence-corrected chi connectivity index (χ4v) is 5.98. The molecule has 1 saturated heterocycles. The Morgan fingerprint density at radius 3 is 2.68 bits per heavy atom. The SMILES string of the molecule is CCCCS(=O)(=O)N[C@@H]1CCCN([C@@H]2C=C(C(=O)O)C[C@H](CC(=N)N)[C@H]2NC(C)=O)C1. The first-order valence-corrected chi connectivity index (χ1v) is 12.5. The number of rotatable bonds is 10. The summed E-state index contributed by atoms with van der Waals surface area (Å²) >= 11 is 0. The van der Waals surface area contributed by atoms with E-state index < -0.39 is 28.1 Å². The molecule has 176 valence electrons. The molecule has 0 aromatic rings. The zero-order valence-electron chi connectivity index (χ0n) is 18.3. The predicted octanol–water partition coefficient (Wildman–Crippen LogP) is 0.401. The maximum Gasteiger partial charge on any atom is 0.331 e. The molecule has 0 aromatic heterocycles. The van der Waals surface area contributed by atoms with Gasteiger partial charge in [0.05, 0.1) is 17.6 Å². The first kappa shape index (κ1) is 25.3. The number of hydrogen-bond donors (Lipinski definition) is 5. The molecule has 2 aliphatic rings. The van der Waals surface area contributed by atoms with E-state index in [9.17, 15) is 23.1 Å². The smallest absolute Gasteiger partial charge is 0.331 e. The lowest BCUT2D eigenvalue weighted by Crippen LogP contribution is -2.60. The van der Waals surface area contributed by atoms with E-state index in [0.29, 0.717) is 25.9 Å². The number of sulfonamides is 1. The number of piperidine rings is 1. The minimum Gasteiger partial charge on any atom is -0.478 e. The van der Waals surface area contributed by atoms with Crippen molar-refractivity contribution in [3.8, 4) is 0 Å². The highest BCUT2D eigenvalue weighted by Gasteiger charge is 2.40. The number of carboxylic acid groups (broad SMARTS) is 1. The van der Waals surface area contributed by atoms with E-state index in [2.05, 4.69) is 10.0 Å². The number of carbonyl (C=O) groups is 2. The molecule has 1 aliphatic heterocycles. The highest BCUT2D eigenvalue weighted by Crippen LogP contribution is 2.32. The normalized spacial score (nSPS) is 27.4. The van der Waals surface area contributed by atoms with E-state index >= 15 is 0 Å². The first-order valence-electron chi connectivity index (χ1n) is 10.8. The Kier molecular flexibility index (Phi) is 9.01. The van der Waals surface area contributed by atoms with Crippen molar-refractivity contribution in [3.05, 3.63) is 11.6 Å². The van der Waals surface area contributed by atoms with Gasteiger partial charge in [-0.2, -0.15) is 0 Å². The third-order valence-electron chi connectivity index (χ3n) is 5.84. The van der Waals surface area contributed by atoms with Gasteiger partial charge in [-0.25, -0.2) is 17.9 Å². The van der Waals surface area contributed by atoms with Gasteiger partial charge in [0.25, 0.3) is 0 Å². The Balaban J connectivity index is 2.27. The molecule has 1 fully saturated rings. The molecule has 1 heterocycles. The van der Waals surface area contributed by atoms with Gasteiger partial charge in [0.15, 0.2) is 0 Å². The molecule has 0 radical (unpaired) electrons. The molecule has 10 nitrogen and oxygen atoms in total. The summed E-state index contributed by atoms with van der Waals surface area (Å²) in [5.74, 6) is -1.59. The zero-order valence-corrected chi connectivity index (χ0v) is 19.1. The van der Waals surface area contributed by atoms with E-state index in [1.54, 1.807) is 6.08 Å². The van der Waals surface area contributed by atoms with Gasteiger partial charge >= 0.3 is 5.97 Å². The molecule has 2 rings (SSSR count). The highest BCUT2D eigenvalue weighted by molar-refractivity contribution is 7.89. The number of amidine groups is 1. The second-order valence-electron chi connectivity index (χ2n) is 8.53. The lowest BCUT2D eigenvalue weighted by Gasteiger charge is -2.45. The number of likely N-dealkylation sites (tertiary alicyclic amines) is 1. The summed E-state index contributed by atoms with van der Waals surface area (Å²) in [5, 5.41) is 20.2. The summed E-state index contributed by atoms with van der Waals surface area (Å²) in [6.45, 7) is 4.42. The third kappa shape index (κ3) is 7.58. The van der Waals surface area contributed by atoms with Crippen molar-refractivity contribution < 1.29 is 23.1 Å². The molecule has 0 unspecified atom stereocenters. The topological polar surface area (TPSA) is 166 Å². The van der Waals surface area contributed by atoms with Crippen LogP contribution >= 0.6 is 0 Å². The van der Waals surface area contributed by atoms with Gasteiger partial charge in [0.1, 0.15) is 0 Å². The van der Waals surface area contributed by atoms with Crippen molar-refractivity contribution in [3.63, 3.8) is 0 Å². The van der Waals surface area contributed by atoms with E-state index in [4.69, 9.17) is 11.1 Å². The Bertz CT molecular complexity index is 813. The molecule has 1 aliphatic carbocycles. The summed E-state index contributed by atoms with van der Waals surface area (Å²) in [6, 6.07) is -1.11. The second-order valence-corrected chi connectivity index (χ2v) is 10.4. The van der Waals surface area contributed by atoms with Gasteiger partial charge in [-0.05, 0) is 38.1 Å². The molecular formula is C20H35N5O5S. The number of nitrogens with one attached hydrogen (secondary N) is 3. The Morgan fingerprint density at radius 2 is 2.10 bits per heavy atom. The number of carbonyl (C=O) groups excluding carboxylic acids is 1. The largest absolute Gasteiger partial charge is 0.478 e. The van der Waals surface area contributed by atoms with Gasteiger partial charge in [-0.3, -0.25) is 15.1 Å². The van der Waals surface area contributed by atoms with Gasteiger partial charge in [0.2, 0.25) is 15.9 Å². The van der Waals surface area contributed by atoms with Crippen LogP contribution in [0.5, 0.6) is 0 Å². The first-order chi connectivity index (χ1) is 14.5. The number of amides is 1. The van der Waals surface area contributed by atoms with Crippen molar-refractivity contribution in [2.45, 2.75) is 70.5 Å². The molecular weight excluding hydrogens is 422 g/mol. The fraction of sp³-hybridized carbons (Fsp3) is 0.750. The Hall–Kier alpha value is -1.98. The average Bonchev–Trinajstić information content (AvgIpc) is 2.66. The summed E-state index contributed by atoms with van der Waals surface area (Å²) in [6.07, 6.45) is 4.87. The highest BCUT2D eigenvalue weighted by atomic mass is 32.2. The molecule has 0 spiro atoms. The minimum absolute atomic E-state index is 0.0639. The van der Waals surface area contributed by atoms with Crippen LogP contribution in [0.2, 0.25) is 0 Å². The summed E-state index contributed by atoms with van der Waals surface area (Å²) in [4.78, 5) is 25.7. The van der Waals surface area contributed by atoms with Crippen LogP contribution < -0.4 is 15.8 Å². The number of nitrogens with two attached hydrogens (primary N) is 1. The number of aliphatic carboxylic acids is 1. The van der Waals surface area contributed by atoms with Gasteiger partial charge in [0, 0.05) is 37.5 Å². The summed E-state index contributed by atoms with van der Waals surface area (Å²) in [5.41, 5.74) is 5.83. The molecule has 0 aromatic carbocycles. The molecule has 6 N–H and O–H groups in total. The van der Waals surface area contributed by atoms with Crippen molar-refractivity contribution in [2.24, 2.45) is 11.7 Å². The maximum atomic E-state index is 12.4. The number of carboxylic acids is 1. The van der Waals surface area contributed by atoms with Crippen LogP contribution in [-0.2, 0) is 19.6 Å². The average molecular weight is 458 g/mol. The van der Waals surface area contributed by atoms with Gasteiger partial charge < -0.3 is 16.2 Å². The molecule has 11 heteroatoms. The lowest BCUT2D eigenvalue weighted by molar-refractivity contribution is -0.133. The molecule has 0 saturated carbocycles. The molecule has 1 amide bonds. The number of nitrogens with zero attached hydrogens (tertiary/aromatic N) is 1. The van der Waals surface area contributed by atoms with E-state index in [0.717, 1.165) is 12.8 Å². The quantitative estimate of drug-likeness (QED) is 0.234. The minimum atomic E-state index is -3.38. The molecule has 31 heavy (non-hydrogen) atoms. The monoisotopic (exact) mass is 457 g/mol. The van der Waals surface area contributed by atoms with Crippen LogP contribution in [0.3, 0.4) is 0 Å². The van der Waals surface area contributed by atoms with E-state index in [-0.39, 0.29) is 47.9 Å². The van der Waals surface area contributed by atoms with Crippen LogP contribution in [0.15, 0.2) is 11.6 Å². The molecule has 4 atom stereocenters. The lowest BCUT2D eigenvalue weighted by atomic mass is 9.78. The third-order valence-corrected chi connectivity index (χ3v) is 7.36. The zero-order chi connectivity index (χ0) is 23.2. The van der Waals surface area contributed by atoms with Gasteiger partial charge in [-0.1, -0.05) is 19.4 Å². The van der Waals surface area contributed by atoms with Crippen LogP contribution in [0, 0.1) is 11.3 Å². The maximum absolute atomic E-state index is 12.4. The number of hydrogen-bond acceptors (Lipinski definition) is 6. The van der Waals surface area contributed by atoms with Crippen molar-refractivity contribution in [1.82, 2.24) is 14.9 Å². The van der Waals surface area contributed by atoms with E-state index in [1.165, 1.54) is 6.92 Å². The van der Waals surface area contributed by atoms with Crippen LogP contribution in [-0.4, -0.2) is 73.1 Å². The van der Waals surface area contributed by atoms with Crippen LogP contribution in [0.4, 0.5) is 0 Å². The number of unbranched alkanes of at least 4 members (excludes halogenated alkanes) is 1. The van der Waals surface area contributed by atoms with Gasteiger partial charge in [-0.15, -0.1) is 0 Å². The van der Waals surface area contributed by atoms with E-state index in [1.807, 2.05) is 11.8 Å². The standard InChI is InChI=1S/C20H35N5O5S/c1-3-4-8-31(29,30)24-16-6-5-7-25(12-16)17-10-15(20(27)28)9-14(11-18(21)22)19(17)23-13(2)26/h10,14,16-17,19,24H,3-9,11-12H2,1-2H3,(H3,21,22)(H,23,26)(H,27,28)/t14-,16-,17-,19-/m1/s1. The Morgan fingerprint density at radius 1 is 1.39 bits per heavy atom. The summed E-state index contributed by atoms with van der Waals surface area (Å²) in [7, 11) is -3.38. The van der Waals surface area contributed by atoms with Crippen LogP contribution in [0.1, 0.15) is 52.4 Å². The van der Waals surface area contributed by atoms with Crippen molar-refractivity contribution in [2.75, 3.05) is 18.8 Å². The summed E-state index contributed by atoms with van der Waals surface area (Å²) < 4.78 is 27.5. The van der Waals surface area contributed by atoms with Crippen molar-refractivity contribution in [1.29, 1.82) is 5.41 Å². The Labute approximate surface area is 184 Å². The second kappa shape index (κ2) is 11.1. The molecule has 0 bridgehead atoms. The van der Waals surface area contributed by atoms with Crippen molar-refractivity contribution >= 4 is 27.7 Å². The predicted molar refractivity (Wildman–Crippen MR) is 118 cm³/mol. The van der Waals surface area contributed by atoms with Crippen LogP contribution in [0.25, 0.3) is 0 Å². The fourth-order valence-electron chi connectivity index (χ4n) is 4.50.